The second kappa shape index (κ2) is 9.76. The summed E-state index contributed by atoms with van der Waals surface area (Å²) in [6.45, 7) is 5.68. The highest BCUT2D eigenvalue weighted by atomic mass is 16.6. The van der Waals surface area contributed by atoms with Crippen molar-refractivity contribution < 1.29 is 23.9 Å². The number of nitrogens with zero attached hydrogens (tertiary/aromatic N) is 3. The molecule has 0 unspecified atom stereocenters. The van der Waals surface area contributed by atoms with E-state index in [0.717, 1.165) is 48.7 Å². The van der Waals surface area contributed by atoms with Crippen LogP contribution in [0.3, 0.4) is 0 Å². The number of cyclic esters (lactones) is 1. The number of esters is 2. The number of aromatic nitrogens is 2. The lowest BCUT2D eigenvalue weighted by Gasteiger charge is -2.35. The number of urea groups is 1. The van der Waals surface area contributed by atoms with Crippen LogP contribution in [0.5, 0.6) is 0 Å². The number of hydrogen-bond acceptors (Lipinski definition) is 7. The molecule has 2 amide bonds. The Labute approximate surface area is 231 Å². The van der Waals surface area contributed by atoms with E-state index in [-0.39, 0.29) is 36.7 Å². The first-order valence-electron chi connectivity index (χ1n) is 14.0. The molecular weight excluding hydrogens is 512 g/mol. The fourth-order valence-electron chi connectivity index (χ4n) is 6.28. The lowest BCUT2D eigenvalue weighted by Crippen LogP contribution is -2.47. The zero-order valence-corrected chi connectivity index (χ0v) is 23.0. The molecule has 0 saturated carbocycles. The van der Waals surface area contributed by atoms with E-state index in [1.807, 2.05) is 18.2 Å². The number of fused-ring (bicyclic) bond motifs is 5. The van der Waals surface area contributed by atoms with Gasteiger partial charge >= 0.3 is 18.0 Å². The fourth-order valence-corrected chi connectivity index (χ4v) is 6.28. The summed E-state index contributed by atoms with van der Waals surface area (Å²) in [5.41, 5.74) is 2.62. The van der Waals surface area contributed by atoms with Gasteiger partial charge in [0, 0.05) is 30.0 Å². The van der Waals surface area contributed by atoms with Crippen LogP contribution in [-0.2, 0) is 37.8 Å². The van der Waals surface area contributed by atoms with E-state index in [1.165, 1.54) is 6.92 Å². The summed E-state index contributed by atoms with van der Waals surface area (Å²) in [4.78, 5) is 59.0. The van der Waals surface area contributed by atoms with Gasteiger partial charge in [0.25, 0.3) is 5.56 Å². The van der Waals surface area contributed by atoms with Gasteiger partial charge < -0.3 is 19.4 Å². The van der Waals surface area contributed by atoms with Gasteiger partial charge in [-0.2, -0.15) is 0 Å². The van der Waals surface area contributed by atoms with Crippen molar-refractivity contribution in [3.63, 3.8) is 0 Å². The van der Waals surface area contributed by atoms with Gasteiger partial charge in [0.1, 0.15) is 6.61 Å². The molecule has 0 radical (unpaired) electrons. The minimum atomic E-state index is -1.71. The summed E-state index contributed by atoms with van der Waals surface area (Å²) in [5, 5.41) is 3.86. The molecule has 3 aromatic rings. The summed E-state index contributed by atoms with van der Waals surface area (Å²) in [6, 6.07) is 7.13. The molecule has 5 heterocycles. The molecule has 0 aliphatic carbocycles. The molecule has 2 aromatic heterocycles. The number of pyridine rings is 2. The third-order valence-corrected chi connectivity index (χ3v) is 8.21. The molecule has 0 spiro atoms. The zero-order valence-electron chi connectivity index (χ0n) is 23.0. The molecule has 0 bridgehead atoms. The lowest BCUT2D eigenvalue weighted by molar-refractivity contribution is -0.188. The predicted molar refractivity (Wildman–Crippen MR) is 149 cm³/mol. The van der Waals surface area contributed by atoms with E-state index in [1.54, 1.807) is 22.5 Å². The number of unbranched alkanes of at least 4 members (excludes halogenated alkanes) is 4. The Morgan fingerprint density at radius 2 is 1.93 bits per heavy atom. The van der Waals surface area contributed by atoms with Crippen molar-refractivity contribution in [3.8, 4) is 11.4 Å². The van der Waals surface area contributed by atoms with E-state index >= 15 is 0 Å². The number of amides is 2. The topological polar surface area (TPSA) is 120 Å². The largest absolute Gasteiger partial charge is 0.457 e. The van der Waals surface area contributed by atoms with Crippen LogP contribution in [0.2, 0.25) is 0 Å². The van der Waals surface area contributed by atoms with Gasteiger partial charge in [-0.05, 0) is 31.0 Å². The van der Waals surface area contributed by atoms with E-state index in [9.17, 15) is 19.2 Å². The Hall–Kier alpha value is -4.21. The van der Waals surface area contributed by atoms with Crippen molar-refractivity contribution in [2.24, 2.45) is 0 Å². The summed E-state index contributed by atoms with van der Waals surface area (Å²) >= 11 is 0. The number of anilines is 2. The molecule has 1 N–H and O–H groups in total. The minimum Gasteiger partial charge on any atom is -0.457 e. The van der Waals surface area contributed by atoms with Gasteiger partial charge in [0.05, 0.1) is 40.4 Å². The maximum absolute atomic E-state index is 13.9. The van der Waals surface area contributed by atoms with Crippen molar-refractivity contribution in [3.05, 3.63) is 51.3 Å². The molecule has 1 aromatic carbocycles. The third-order valence-electron chi connectivity index (χ3n) is 8.21. The van der Waals surface area contributed by atoms with Gasteiger partial charge in [-0.1, -0.05) is 45.6 Å². The molecule has 3 aliphatic heterocycles. The van der Waals surface area contributed by atoms with Gasteiger partial charge in [-0.3, -0.25) is 14.5 Å². The number of rotatable bonds is 8. The van der Waals surface area contributed by atoms with Crippen LogP contribution in [0, 0.1) is 0 Å². The second-order valence-corrected chi connectivity index (χ2v) is 10.6. The van der Waals surface area contributed by atoms with E-state index in [0.29, 0.717) is 34.7 Å². The summed E-state index contributed by atoms with van der Waals surface area (Å²) in [5.74, 6) is -1.34. The lowest BCUT2D eigenvalue weighted by atomic mass is 9.85. The maximum atomic E-state index is 13.9. The van der Waals surface area contributed by atoms with Crippen LogP contribution in [0.15, 0.2) is 29.1 Å². The number of benzene rings is 1. The third kappa shape index (κ3) is 3.80. The summed E-state index contributed by atoms with van der Waals surface area (Å²) in [7, 11) is 0. The SMILES string of the molecule is CCCCCCCN1C(=O)Nc2cccc3nc4c(c1c23)Cn1c-4cc2c(c1=O)COC(=O)[C@@]2(CC)OC(C)=O. The Morgan fingerprint density at radius 1 is 1.12 bits per heavy atom. The van der Waals surface area contributed by atoms with Gasteiger partial charge in [0.15, 0.2) is 0 Å². The average Bonchev–Trinajstić information content (AvgIpc) is 3.30. The first kappa shape index (κ1) is 26.0. The standard InChI is InChI=1S/C30H32N4O6/c1-4-6-7-8-9-13-33-26-18-15-34-23(25(18)31-21-11-10-12-22(24(21)26)32-29(33)38)14-20-19(27(34)36)16-39-28(37)30(20,5-2)40-17(3)35/h10-12,14H,4-9,13,15-16H2,1-3H3,(H,32,38)/t30-/m0/s1. The maximum Gasteiger partial charge on any atom is 0.355 e. The van der Waals surface area contributed by atoms with Crippen molar-refractivity contribution in [1.29, 1.82) is 0 Å². The highest BCUT2D eigenvalue weighted by Gasteiger charge is 2.50. The van der Waals surface area contributed by atoms with Crippen LogP contribution < -0.4 is 15.8 Å². The van der Waals surface area contributed by atoms with Crippen LogP contribution in [0.4, 0.5) is 16.2 Å². The van der Waals surface area contributed by atoms with Crippen molar-refractivity contribution >= 4 is 40.2 Å². The van der Waals surface area contributed by atoms with Crippen LogP contribution in [0.25, 0.3) is 22.3 Å². The predicted octanol–water partition coefficient (Wildman–Crippen LogP) is 4.97. The average molecular weight is 545 g/mol. The molecule has 6 rings (SSSR count). The van der Waals surface area contributed by atoms with E-state index in [2.05, 4.69) is 12.2 Å². The highest BCUT2D eigenvalue weighted by Crippen LogP contribution is 2.47. The van der Waals surface area contributed by atoms with Crippen molar-refractivity contribution in [2.45, 2.75) is 78.0 Å². The van der Waals surface area contributed by atoms with Crippen LogP contribution >= 0.6 is 0 Å². The Balaban J connectivity index is 1.54. The number of carbonyl (C=O) groups excluding carboxylic acids is 3. The van der Waals surface area contributed by atoms with E-state index in [4.69, 9.17) is 14.5 Å². The first-order valence-corrected chi connectivity index (χ1v) is 14.0. The Kier molecular flexibility index (Phi) is 6.35. The van der Waals surface area contributed by atoms with Crippen LogP contribution in [0.1, 0.15) is 76.0 Å². The highest BCUT2D eigenvalue weighted by molar-refractivity contribution is 6.19. The molecule has 10 heteroatoms. The summed E-state index contributed by atoms with van der Waals surface area (Å²) in [6.07, 6.45) is 5.40. The van der Waals surface area contributed by atoms with Crippen molar-refractivity contribution in [2.75, 3.05) is 16.8 Å². The van der Waals surface area contributed by atoms with Crippen LogP contribution in [-0.4, -0.2) is 34.1 Å². The normalized spacial score (nSPS) is 18.6. The number of carbonyl (C=O) groups is 3. The quantitative estimate of drug-likeness (QED) is 0.246. The monoisotopic (exact) mass is 544 g/mol. The molecule has 3 aliphatic rings. The molecule has 0 saturated heterocycles. The summed E-state index contributed by atoms with van der Waals surface area (Å²) < 4.78 is 12.5. The Morgan fingerprint density at radius 3 is 2.67 bits per heavy atom. The first-order chi connectivity index (χ1) is 19.3. The molecule has 40 heavy (non-hydrogen) atoms. The molecular formula is C30H32N4O6. The molecule has 10 nitrogen and oxygen atoms in total. The van der Waals surface area contributed by atoms with E-state index < -0.39 is 17.5 Å². The van der Waals surface area contributed by atoms with Gasteiger partial charge in [-0.15, -0.1) is 0 Å². The fraction of sp³-hybridized carbons (Fsp3) is 0.433. The minimum absolute atomic E-state index is 0.111. The molecule has 0 fully saturated rings. The number of hydrogen-bond donors (Lipinski definition) is 1. The molecule has 1 atom stereocenters. The van der Waals surface area contributed by atoms with Gasteiger partial charge in [0.2, 0.25) is 5.60 Å². The second-order valence-electron chi connectivity index (χ2n) is 10.6. The Bertz CT molecular complexity index is 1640. The smallest absolute Gasteiger partial charge is 0.355 e. The van der Waals surface area contributed by atoms with Crippen molar-refractivity contribution in [1.82, 2.24) is 9.55 Å². The van der Waals surface area contributed by atoms with Gasteiger partial charge in [-0.25, -0.2) is 14.6 Å². The molecule has 208 valence electrons. The number of nitrogens with one attached hydrogen (secondary N) is 1. The number of ether oxygens (including phenoxy) is 2. The zero-order chi connectivity index (χ0) is 28.2.